The standard InChI is InChI=1S/C27H32N2O4/c30-26(28-19-27(12-16-31-17-13-27)20-29-14-3-4-15-29)25-11-10-22(33-25)18-32-24-9-5-7-21-6-1-2-8-23(21)24/h1-2,5-11H,3-4,12-20H2,(H,28,30). The van der Waals surface area contributed by atoms with Crippen LogP contribution in [0.4, 0.5) is 0 Å². The number of hydrogen-bond donors (Lipinski definition) is 1. The SMILES string of the molecule is O=C(NCC1(CN2CCCC2)CCOCC1)c1ccc(COc2cccc3ccccc23)o1. The second-order valence-corrected chi connectivity index (χ2v) is 9.31. The molecule has 3 heterocycles. The third-order valence-corrected chi connectivity index (χ3v) is 6.94. The van der Waals surface area contributed by atoms with Gasteiger partial charge in [0.05, 0.1) is 0 Å². The Morgan fingerprint density at radius 3 is 2.64 bits per heavy atom. The molecular formula is C27H32N2O4. The van der Waals surface area contributed by atoms with Crippen LogP contribution in [0.3, 0.4) is 0 Å². The summed E-state index contributed by atoms with van der Waals surface area (Å²) in [5, 5.41) is 5.33. The van der Waals surface area contributed by atoms with Crippen LogP contribution in [0.5, 0.6) is 5.75 Å². The van der Waals surface area contributed by atoms with Crippen LogP contribution in [-0.2, 0) is 11.3 Å². The van der Waals surface area contributed by atoms with E-state index in [-0.39, 0.29) is 17.9 Å². The number of furan rings is 1. The molecule has 0 spiro atoms. The van der Waals surface area contributed by atoms with E-state index >= 15 is 0 Å². The predicted octanol–water partition coefficient (Wildman–Crippen LogP) is 4.63. The van der Waals surface area contributed by atoms with Crippen molar-refractivity contribution >= 4 is 16.7 Å². The fourth-order valence-corrected chi connectivity index (χ4v) is 5.01. The average molecular weight is 449 g/mol. The minimum absolute atomic E-state index is 0.0746. The van der Waals surface area contributed by atoms with Crippen LogP contribution in [0, 0.1) is 5.41 Å². The number of rotatable bonds is 8. The second kappa shape index (κ2) is 9.98. The molecule has 1 amide bonds. The Morgan fingerprint density at radius 1 is 1.00 bits per heavy atom. The predicted molar refractivity (Wildman–Crippen MR) is 127 cm³/mol. The number of nitrogens with one attached hydrogen (secondary N) is 1. The largest absolute Gasteiger partial charge is 0.485 e. The highest BCUT2D eigenvalue weighted by Gasteiger charge is 2.35. The quantitative estimate of drug-likeness (QED) is 0.544. The molecule has 3 aromatic rings. The lowest BCUT2D eigenvalue weighted by Gasteiger charge is -2.40. The van der Waals surface area contributed by atoms with Gasteiger partial charge < -0.3 is 24.1 Å². The van der Waals surface area contributed by atoms with E-state index in [1.54, 1.807) is 6.07 Å². The van der Waals surface area contributed by atoms with E-state index in [4.69, 9.17) is 13.9 Å². The number of ether oxygens (including phenoxy) is 2. The Bertz CT molecular complexity index is 1080. The van der Waals surface area contributed by atoms with E-state index in [2.05, 4.69) is 22.3 Å². The molecule has 174 valence electrons. The highest BCUT2D eigenvalue weighted by molar-refractivity contribution is 5.91. The van der Waals surface area contributed by atoms with Crippen molar-refractivity contribution in [2.75, 3.05) is 39.4 Å². The van der Waals surface area contributed by atoms with Crippen LogP contribution in [0.2, 0.25) is 0 Å². The van der Waals surface area contributed by atoms with Crippen LogP contribution in [-0.4, -0.2) is 50.2 Å². The number of hydrogen-bond acceptors (Lipinski definition) is 5. The average Bonchev–Trinajstić information content (AvgIpc) is 3.54. The molecule has 0 radical (unpaired) electrons. The molecule has 0 bridgehead atoms. The maximum absolute atomic E-state index is 12.8. The van der Waals surface area contributed by atoms with Crippen molar-refractivity contribution in [1.29, 1.82) is 0 Å². The van der Waals surface area contributed by atoms with Gasteiger partial charge in [0.25, 0.3) is 5.91 Å². The number of nitrogens with zero attached hydrogens (tertiary/aromatic N) is 1. The second-order valence-electron chi connectivity index (χ2n) is 9.31. The van der Waals surface area contributed by atoms with Crippen LogP contribution in [0.1, 0.15) is 42.0 Å². The summed E-state index contributed by atoms with van der Waals surface area (Å²) in [6.07, 6.45) is 4.50. The van der Waals surface area contributed by atoms with E-state index in [1.165, 1.54) is 12.8 Å². The number of fused-ring (bicyclic) bond motifs is 1. The molecule has 0 atom stereocenters. The Morgan fingerprint density at radius 2 is 1.79 bits per heavy atom. The van der Waals surface area contributed by atoms with Gasteiger partial charge in [0.1, 0.15) is 18.1 Å². The Balaban J connectivity index is 1.19. The molecule has 2 aliphatic rings. The number of carbonyl (C=O) groups is 1. The minimum atomic E-state index is -0.168. The molecule has 0 unspecified atom stereocenters. The maximum Gasteiger partial charge on any atom is 0.287 e. The van der Waals surface area contributed by atoms with Crippen molar-refractivity contribution in [1.82, 2.24) is 10.2 Å². The fraction of sp³-hybridized carbons (Fsp3) is 0.444. The molecule has 1 aromatic heterocycles. The summed E-state index contributed by atoms with van der Waals surface area (Å²) in [5.41, 5.74) is 0.0746. The van der Waals surface area contributed by atoms with Gasteiger partial charge >= 0.3 is 0 Å². The molecule has 0 aliphatic carbocycles. The first kappa shape index (κ1) is 22.0. The van der Waals surface area contributed by atoms with Crippen LogP contribution in [0.25, 0.3) is 10.8 Å². The van der Waals surface area contributed by atoms with Crippen molar-refractivity contribution < 1.29 is 18.7 Å². The first-order chi connectivity index (χ1) is 16.2. The van der Waals surface area contributed by atoms with Gasteiger partial charge in [-0.2, -0.15) is 0 Å². The molecule has 6 heteroatoms. The van der Waals surface area contributed by atoms with Crippen molar-refractivity contribution in [2.24, 2.45) is 5.41 Å². The molecule has 2 saturated heterocycles. The van der Waals surface area contributed by atoms with Crippen molar-refractivity contribution in [2.45, 2.75) is 32.3 Å². The van der Waals surface area contributed by atoms with E-state index in [0.717, 1.165) is 62.2 Å². The van der Waals surface area contributed by atoms with Crippen molar-refractivity contribution in [3.8, 4) is 5.75 Å². The lowest BCUT2D eigenvalue weighted by atomic mass is 9.79. The van der Waals surface area contributed by atoms with Crippen LogP contribution < -0.4 is 10.1 Å². The molecule has 2 aliphatic heterocycles. The summed E-state index contributed by atoms with van der Waals surface area (Å²) in [4.78, 5) is 15.4. The zero-order valence-electron chi connectivity index (χ0n) is 19.1. The molecule has 33 heavy (non-hydrogen) atoms. The lowest BCUT2D eigenvalue weighted by Crippen LogP contribution is -2.48. The van der Waals surface area contributed by atoms with Crippen molar-refractivity contribution in [3.05, 3.63) is 66.1 Å². The Hall–Kier alpha value is -2.83. The third kappa shape index (κ3) is 5.23. The normalized spacial score (nSPS) is 18.4. The van der Waals surface area contributed by atoms with Gasteiger partial charge in [-0.3, -0.25) is 4.79 Å². The summed E-state index contributed by atoms with van der Waals surface area (Å²) in [7, 11) is 0. The monoisotopic (exact) mass is 448 g/mol. The van der Waals surface area contributed by atoms with Gasteiger partial charge in [-0.05, 0) is 62.4 Å². The zero-order valence-corrected chi connectivity index (χ0v) is 19.1. The molecular weight excluding hydrogens is 416 g/mol. The molecule has 2 aromatic carbocycles. The Labute approximate surface area is 194 Å². The van der Waals surface area contributed by atoms with Gasteiger partial charge in [-0.1, -0.05) is 36.4 Å². The van der Waals surface area contributed by atoms with E-state index < -0.39 is 0 Å². The molecule has 6 nitrogen and oxygen atoms in total. The number of benzene rings is 2. The van der Waals surface area contributed by atoms with Crippen LogP contribution in [0.15, 0.2) is 59.0 Å². The molecule has 1 N–H and O–H groups in total. The van der Waals surface area contributed by atoms with Gasteiger partial charge in [0.15, 0.2) is 5.76 Å². The van der Waals surface area contributed by atoms with Crippen molar-refractivity contribution in [3.63, 3.8) is 0 Å². The van der Waals surface area contributed by atoms with Gasteiger partial charge in [-0.15, -0.1) is 0 Å². The summed E-state index contributed by atoms with van der Waals surface area (Å²) in [6.45, 7) is 5.80. The van der Waals surface area contributed by atoms with E-state index in [9.17, 15) is 4.79 Å². The first-order valence-electron chi connectivity index (χ1n) is 12.0. The van der Waals surface area contributed by atoms with Gasteiger partial charge in [-0.25, -0.2) is 0 Å². The minimum Gasteiger partial charge on any atom is -0.485 e. The highest BCUT2D eigenvalue weighted by atomic mass is 16.5. The first-order valence-corrected chi connectivity index (χ1v) is 12.0. The molecule has 2 fully saturated rings. The molecule has 0 saturated carbocycles. The fourth-order valence-electron chi connectivity index (χ4n) is 5.01. The maximum atomic E-state index is 12.8. The number of likely N-dealkylation sites (tertiary alicyclic amines) is 1. The third-order valence-electron chi connectivity index (χ3n) is 6.94. The van der Waals surface area contributed by atoms with E-state index in [1.807, 2.05) is 36.4 Å². The summed E-state index contributed by atoms with van der Waals surface area (Å²) in [5.74, 6) is 1.60. The Kier molecular flexibility index (Phi) is 6.65. The topological polar surface area (TPSA) is 63.9 Å². The van der Waals surface area contributed by atoms with Crippen LogP contribution >= 0.6 is 0 Å². The summed E-state index contributed by atoms with van der Waals surface area (Å²) >= 11 is 0. The number of carbonyl (C=O) groups excluding carboxylic acids is 1. The molecule has 5 rings (SSSR count). The number of amides is 1. The zero-order chi connectivity index (χ0) is 22.5. The summed E-state index contributed by atoms with van der Waals surface area (Å²) in [6, 6.07) is 17.7. The summed E-state index contributed by atoms with van der Waals surface area (Å²) < 4.78 is 17.4. The van der Waals surface area contributed by atoms with E-state index in [0.29, 0.717) is 18.1 Å². The smallest absolute Gasteiger partial charge is 0.287 e. The van der Waals surface area contributed by atoms with Gasteiger partial charge in [0, 0.05) is 37.1 Å². The lowest BCUT2D eigenvalue weighted by molar-refractivity contribution is -0.000762. The van der Waals surface area contributed by atoms with Gasteiger partial charge in [0.2, 0.25) is 0 Å². The highest BCUT2D eigenvalue weighted by Crippen LogP contribution is 2.32.